The summed E-state index contributed by atoms with van der Waals surface area (Å²) < 4.78 is 0.250. The van der Waals surface area contributed by atoms with Crippen molar-refractivity contribution in [2.24, 2.45) is 5.84 Å². The number of thioether (sulfide) groups is 1. The van der Waals surface area contributed by atoms with Gasteiger partial charge in [-0.05, 0) is 43.6 Å². The van der Waals surface area contributed by atoms with Gasteiger partial charge in [0.25, 0.3) is 0 Å². The van der Waals surface area contributed by atoms with Gasteiger partial charge in [0.05, 0.1) is 0 Å². The van der Waals surface area contributed by atoms with Gasteiger partial charge in [-0.25, -0.2) is 0 Å². The molecule has 3 nitrogen and oxygen atoms in total. The van der Waals surface area contributed by atoms with E-state index in [0.717, 1.165) is 18.5 Å². The lowest BCUT2D eigenvalue weighted by molar-refractivity contribution is 0.403. The summed E-state index contributed by atoms with van der Waals surface area (Å²) >= 11 is 2.03. The Morgan fingerprint density at radius 2 is 2.39 bits per heavy atom. The summed E-state index contributed by atoms with van der Waals surface area (Å²) in [6, 6.07) is 4.59. The van der Waals surface area contributed by atoms with Crippen LogP contribution in [0.3, 0.4) is 0 Å². The van der Waals surface area contributed by atoms with E-state index in [-0.39, 0.29) is 4.75 Å². The molecular weight excluding hydrogens is 242 g/mol. The van der Waals surface area contributed by atoms with Crippen LogP contribution in [0.15, 0.2) is 18.3 Å². The van der Waals surface area contributed by atoms with Gasteiger partial charge < -0.3 is 0 Å². The van der Waals surface area contributed by atoms with Crippen LogP contribution in [-0.2, 0) is 12.8 Å². The molecule has 18 heavy (non-hydrogen) atoms. The maximum absolute atomic E-state index is 5.75. The average Bonchev–Trinajstić information content (AvgIpc) is 2.84. The average molecular weight is 265 g/mol. The topological polar surface area (TPSA) is 50.9 Å². The molecule has 1 fully saturated rings. The van der Waals surface area contributed by atoms with Crippen molar-refractivity contribution in [3.8, 4) is 0 Å². The molecule has 2 unspecified atom stereocenters. The number of nitrogens with zero attached hydrogens (tertiary/aromatic N) is 1. The van der Waals surface area contributed by atoms with Crippen molar-refractivity contribution in [2.45, 2.75) is 50.3 Å². The van der Waals surface area contributed by atoms with Gasteiger partial charge in [0.15, 0.2) is 0 Å². The molecule has 1 aromatic heterocycles. The molecule has 0 radical (unpaired) electrons. The molecule has 2 atom stereocenters. The van der Waals surface area contributed by atoms with Gasteiger partial charge in [0.2, 0.25) is 0 Å². The van der Waals surface area contributed by atoms with Crippen LogP contribution in [0, 0.1) is 0 Å². The first kappa shape index (κ1) is 13.8. The molecule has 100 valence electrons. The zero-order chi connectivity index (χ0) is 13.0. The Hall–Kier alpha value is -0.580. The van der Waals surface area contributed by atoms with Crippen molar-refractivity contribution in [1.82, 2.24) is 10.4 Å². The van der Waals surface area contributed by atoms with Gasteiger partial charge in [-0.15, -0.1) is 0 Å². The van der Waals surface area contributed by atoms with Gasteiger partial charge in [0.1, 0.15) is 0 Å². The van der Waals surface area contributed by atoms with E-state index < -0.39 is 0 Å². The van der Waals surface area contributed by atoms with E-state index in [1.54, 1.807) is 0 Å². The Kier molecular flexibility index (Phi) is 4.65. The van der Waals surface area contributed by atoms with Crippen LogP contribution in [0.5, 0.6) is 0 Å². The van der Waals surface area contributed by atoms with Crippen LogP contribution in [-0.4, -0.2) is 21.5 Å². The fraction of sp³-hybridized carbons (Fsp3) is 0.643. The van der Waals surface area contributed by atoms with Gasteiger partial charge >= 0.3 is 0 Å². The first-order chi connectivity index (χ1) is 8.68. The number of hydrogen-bond donors (Lipinski definition) is 2. The molecule has 0 spiro atoms. The predicted octanol–water partition coefficient (Wildman–Crippen LogP) is 2.30. The highest BCUT2D eigenvalue weighted by Gasteiger charge is 2.37. The fourth-order valence-electron chi connectivity index (χ4n) is 2.52. The van der Waals surface area contributed by atoms with Gasteiger partial charge in [0, 0.05) is 29.1 Å². The standard InChI is InChI=1S/C14H23N3S/c1-3-11-5-6-12(16-10-11)9-13(17-15)14(2)7-4-8-18-14/h5-6,10,13,17H,3-4,7-9,15H2,1-2H3. The van der Waals surface area contributed by atoms with Crippen LogP contribution < -0.4 is 11.3 Å². The summed E-state index contributed by atoms with van der Waals surface area (Å²) in [4.78, 5) is 4.53. The normalized spacial score (nSPS) is 25.3. The molecule has 0 amide bonds. The van der Waals surface area contributed by atoms with E-state index >= 15 is 0 Å². The second-order valence-electron chi connectivity index (χ2n) is 5.20. The maximum atomic E-state index is 5.75. The van der Waals surface area contributed by atoms with Crippen LogP contribution in [0.25, 0.3) is 0 Å². The summed E-state index contributed by atoms with van der Waals surface area (Å²) in [5, 5.41) is 0. The van der Waals surface area contributed by atoms with Crippen LogP contribution in [0.1, 0.15) is 37.9 Å². The predicted molar refractivity (Wildman–Crippen MR) is 78.5 cm³/mol. The number of rotatable bonds is 5. The molecular formula is C14H23N3S. The van der Waals surface area contributed by atoms with Gasteiger partial charge in [-0.2, -0.15) is 11.8 Å². The Labute approximate surface area is 114 Å². The first-order valence-electron chi connectivity index (χ1n) is 6.72. The molecule has 0 aliphatic carbocycles. The highest BCUT2D eigenvalue weighted by molar-refractivity contribution is 8.00. The fourth-order valence-corrected chi connectivity index (χ4v) is 3.92. The highest BCUT2D eigenvalue weighted by atomic mass is 32.2. The van der Waals surface area contributed by atoms with Crippen LogP contribution in [0.2, 0.25) is 0 Å². The summed E-state index contributed by atoms with van der Waals surface area (Å²) in [5.74, 6) is 7.00. The van der Waals surface area contributed by atoms with Crippen molar-refractivity contribution >= 4 is 11.8 Å². The van der Waals surface area contributed by atoms with E-state index in [4.69, 9.17) is 5.84 Å². The molecule has 0 bridgehead atoms. The Morgan fingerprint density at radius 1 is 1.56 bits per heavy atom. The molecule has 0 aromatic carbocycles. The van der Waals surface area contributed by atoms with E-state index in [1.807, 2.05) is 18.0 Å². The molecule has 1 aliphatic heterocycles. The largest absolute Gasteiger partial charge is 0.271 e. The summed E-state index contributed by atoms with van der Waals surface area (Å²) in [5.41, 5.74) is 5.42. The maximum Gasteiger partial charge on any atom is 0.0420 e. The minimum atomic E-state index is 0.250. The van der Waals surface area contributed by atoms with Crippen molar-refractivity contribution < 1.29 is 0 Å². The smallest absolute Gasteiger partial charge is 0.0420 e. The lowest BCUT2D eigenvalue weighted by Gasteiger charge is -2.32. The second kappa shape index (κ2) is 6.04. The SMILES string of the molecule is CCc1ccc(CC(NN)C2(C)CCCS2)nc1. The Morgan fingerprint density at radius 3 is 2.89 bits per heavy atom. The number of hydrogen-bond acceptors (Lipinski definition) is 4. The van der Waals surface area contributed by atoms with E-state index in [9.17, 15) is 0 Å². The summed E-state index contributed by atoms with van der Waals surface area (Å²) in [6.07, 6.45) is 6.46. The van der Waals surface area contributed by atoms with Gasteiger partial charge in [-0.3, -0.25) is 16.3 Å². The van der Waals surface area contributed by atoms with Crippen LogP contribution in [0.4, 0.5) is 0 Å². The molecule has 2 rings (SSSR count). The van der Waals surface area contributed by atoms with Crippen molar-refractivity contribution in [3.05, 3.63) is 29.6 Å². The van der Waals surface area contributed by atoms with Crippen LogP contribution >= 0.6 is 11.8 Å². The zero-order valence-electron chi connectivity index (χ0n) is 11.3. The Balaban J connectivity index is 2.05. The third kappa shape index (κ3) is 3.05. The second-order valence-corrected chi connectivity index (χ2v) is 6.83. The molecule has 1 aromatic rings. The Bertz CT molecular complexity index is 371. The minimum absolute atomic E-state index is 0.250. The lowest BCUT2D eigenvalue weighted by atomic mass is 9.92. The quantitative estimate of drug-likeness (QED) is 0.633. The molecule has 4 heteroatoms. The lowest BCUT2D eigenvalue weighted by Crippen LogP contribution is -2.50. The number of aryl methyl sites for hydroxylation is 1. The summed E-state index contributed by atoms with van der Waals surface area (Å²) in [6.45, 7) is 4.47. The molecule has 0 saturated carbocycles. The third-order valence-corrected chi connectivity index (χ3v) is 5.54. The van der Waals surface area contributed by atoms with Crippen molar-refractivity contribution in [3.63, 3.8) is 0 Å². The zero-order valence-corrected chi connectivity index (χ0v) is 12.1. The molecule has 3 N–H and O–H groups in total. The van der Waals surface area contributed by atoms with E-state index in [2.05, 4.69) is 36.4 Å². The minimum Gasteiger partial charge on any atom is -0.271 e. The third-order valence-electron chi connectivity index (χ3n) is 3.90. The number of hydrazine groups is 1. The summed E-state index contributed by atoms with van der Waals surface area (Å²) in [7, 11) is 0. The van der Waals surface area contributed by atoms with E-state index in [0.29, 0.717) is 6.04 Å². The number of aromatic nitrogens is 1. The number of nitrogens with two attached hydrogens (primary N) is 1. The first-order valence-corrected chi connectivity index (χ1v) is 7.70. The monoisotopic (exact) mass is 265 g/mol. The molecule has 1 saturated heterocycles. The number of nitrogens with one attached hydrogen (secondary N) is 1. The molecule has 1 aliphatic rings. The number of pyridine rings is 1. The van der Waals surface area contributed by atoms with Crippen molar-refractivity contribution in [2.75, 3.05) is 5.75 Å². The molecule has 2 heterocycles. The highest BCUT2D eigenvalue weighted by Crippen LogP contribution is 2.41. The van der Waals surface area contributed by atoms with E-state index in [1.165, 1.54) is 24.2 Å². The van der Waals surface area contributed by atoms with Gasteiger partial charge in [-0.1, -0.05) is 13.0 Å². The van der Waals surface area contributed by atoms with Crippen molar-refractivity contribution in [1.29, 1.82) is 0 Å².